The fourth-order valence-electron chi connectivity index (χ4n) is 2.79. The van der Waals surface area contributed by atoms with Crippen LogP contribution < -0.4 is 5.32 Å². The van der Waals surface area contributed by atoms with Crippen LogP contribution >= 0.6 is 0 Å². The third-order valence-corrected chi connectivity index (χ3v) is 4.01. The molecule has 0 aromatic heterocycles. The van der Waals surface area contributed by atoms with Crippen LogP contribution in [0.1, 0.15) is 18.5 Å². The van der Waals surface area contributed by atoms with Crippen molar-refractivity contribution in [2.75, 3.05) is 40.3 Å². The highest BCUT2D eigenvalue weighted by molar-refractivity contribution is 5.21. The number of piperazine rings is 1. The minimum atomic E-state index is -0.122. The second-order valence-corrected chi connectivity index (χ2v) is 5.47. The maximum atomic E-state index is 13.9. The van der Waals surface area contributed by atoms with Gasteiger partial charge in [-0.05, 0) is 27.1 Å². The molecule has 0 amide bonds. The van der Waals surface area contributed by atoms with Crippen LogP contribution in [0.15, 0.2) is 24.3 Å². The van der Waals surface area contributed by atoms with Crippen LogP contribution in [-0.4, -0.2) is 56.1 Å². The fraction of sp³-hybridized carbons (Fsp3) is 0.600. The lowest BCUT2D eigenvalue weighted by atomic mass is 10.0. The highest BCUT2D eigenvalue weighted by Gasteiger charge is 2.25. The van der Waals surface area contributed by atoms with Crippen molar-refractivity contribution in [2.45, 2.75) is 19.0 Å². The molecule has 2 atom stereocenters. The smallest absolute Gasteiger partial charge is 0.128 e. The lowest BCUT2D eigenvalue weighted by molar-refractivity contribution is 0.0909. The van der Waals surface area contributed by atoms with E-state index in [9.17, 15) is 4.39 Å². The summed E-state index contributed by atoms with van der Waals surface area (Å²) in [6.07, 6.45) is 0. The standard InChI is InChI=1S/C15H24FN3/c1-12-10-18(3)8-9-19(12)11-15(17-2)13-6-4-5-7-14(13)16/h4-7,12,15,17H,8-11H2,1-3H3. The summed E-state index contributed by atoms with van der Waals surface area (Å²) in [4.78, 5) is 4.78. The number of nitrogens with zero attached hydrogens (tertiary/aromatic N) is 2. The van der Waals surface area contributed by atoms with Crippen LogP contribution in [0, 0.1) is 5.82 Å². The van der Waals surface area contributed by atoms with Gasteiger partial charge in [-0.3, -0.25) is 4.90 Å². The summed E-state index contributed by atoms with van der Waals surface area (Å²) in [5.74, 6) is -0.122. The van der Waals surface area contributed by atoms with Crippen molar-refractivity contribution in [3.8, 4) is 0 Å². The second kappa shape index (κ2) is 6.46. The van der Waals surface area contributed by atoms with Crippen LogP contribution in [-0.2, 0) is 0 Å². The molecule has 1 fully saturated rings. The van der Waals surface area contributed by atoms with E-state index in [1.165, 1.54) is 6.07 Å². The molecular weight excluding hydrogens is 241 g/mol. The lowest BCUT2D eigenvalue weighted by Crippen LogP contribution is -2.52. The molecule has 1 N–H and O–H groups in total. The third-order valence-electron chi connectivity index (χ3n) is 4.01. The number of hydrogen-bond donors (Lipinski definition) is 1. The van der Waals surface area contributed by atoms with Gasteiger partial charge in [0.15, 0.2) is 0 Å². The summed E-state index contributed by atoms with van der Waals surface area (Å²) in [5.41, 5.74) is 0.760. The first-order chi connectivity index (χ1) is 9.11. The van der Waals surface area contributed by atoms with Gasteiger partial charge >= 0.3 is 0 Å². The summed E-state index contributed by atoms with van der Waals surface area (Å²) in [5, 5.41) is 3.24. The van der Waals surface area contributed by atoms with Crippen LogP contribution in [0.3, 0.4) is 0 Å². The molecule has 0 radical (unpaired) electrons. The predicted octanol–water partition coefficient (Wildman–Crippen LogP) is 1.72. The van der Waals surface area contributed by atoms with E-state index in [-0.39, 0.29) is 11.9 Å². The maximum absolute atomic E-state index is 13.9. The minimum absolute atomic E-state index is 0.0482. The Morgan fingerprint density at radius 3 is 2.74 bits per heavy atom. The quantitative estimate of drug-likeness (QED) is 0.894. The number of likely N-dealkylation sites (N-methyl/N-ethyl adjacent to an activating group) is 2. The van der Waals surface area contributed by atoms with Crippen LogP contribution in [0.4, 0.5) is 4.39 Å². The Hall–Kier alpha value is -0.970. The topological polar surface area (TPSA) is 18.5 Å². The second-order valence-electron chi connectivity index (χ2n) is 5.47. The number of halogens is 1. The van der Waals surface area contributed by atoms with E-state index in [2.05, 4.69) is 29.1 Å². The van der Waals surface area contributed by atoms with Gasteiger partial charge in [-0.2, -0.15) is 0 Å². The van der Waals surface area contributed by atoms with E-state index in [1.54, 1.807) is 6.07 Å². The summed E-state index contributed by atoms with van der Waals surface area (Å²) in [6.45, 7) is 6.30. The van der Waals surface area contributed by atoms with E-state index in [4.69, 9.17) is 0 Å². The molecule has 3 nitrogen and oxygen atoms in total. The zero-order chi connectivity index (χ0) is 13.8. The predicted molar refractivity (Wildman–Crippen MR) is 76.7 cm³/mol. The molecule has 0 saturated carbocycles. The largest absolute Gasteiger partial charge is 0.312 e. The van der Waals surface area contributed by atoms with Gasteiger partial charge in [-0.15, -0.1) is 0 Å². The third kappa shape index (κ3) is 3.53. The maximum Gasteiger partial charge on any atom is 0.128 e. The molecular formula is C15H24FN3. The van der Waals surface area contributed by atoms with Crippen LogP contribution in [0.25, 0.3) is 0 Å². The summed E-state index contributed by atoms with van der Waals surface area (Å²) in [7, 11) is 4.05. The molecule has 1 aromatic carbocycles. The van der Waals surface area contributed by atoms with Crippen molar-refractivity contribution in [1.29, 1.82) is 0 Å². The Morgan fingerprint density at radius 1 is 1.37 bits per heavy atom. The summed E-state index contributed by atoms with van der Waals surface area (Å²) >= 11 is 0. The van der Waals surface area contributed by atoms with Crippen molar-refractivity contribution < 1.29 is 4.39 Å². The molecule has 0 spiro atoms. The van der Waals surface area contributed by atoms with E-state index < -0.39 is 0 Å². The number of benzene rings is 1. The Bertz CT molecular complexity index is 410. The zero-order valence-electron chi connectivity index (χ0n) is 12.1. The number of nitrogens with one attached hydrogen (secondary N) is 1. The van der Waals surface area contributed by atoms with Crippen molar-refractivity contribution in [2.24, 2.45) is 0 Å². The molecule has 0 aliphatic carbocycles. The van der Waals surface area contributed by atoms with Crippen LogP contribution in [0.5, 0.6) is 0 Å². The van der Waals surface area contributed by atoms with Gasteiger partial charge < -0.3 is 10.2 Å². The first-order valence-corrected chi connectivity index (χ1v) is 6.96. The highest BCUT2D eigenvalue weighted by Crippen LogP contribution is 2.20. The van der Waals surface area contributed by atoms with Gasteiger partial charge in [0.2, 0.25) is 0 Å². The molecule has 4 heteroatoms. The van der Waals surface area contributed by atoms with E-state index in [0.29, 0.717) is 6.04 Å². The average Bonchev–Trinajstić information content (AvgIpc) is 2.39. The van der Waals surface area contributed by atoms with Crippen LogP contribution in [0.2, 0.25) is 0 Å². The van der Waals surface area contributed by atoms with Gasteiger partial charge in [0.1, 0.15) is 5.82 Å². The van der Waals surface area contributed by atoms with Gasteiger partial charge in [-0.1, -0.05) is 18.2 Å². The Kier molecular flexibility index (Phi) is 4.91. The SMILES string of the molecule is CNC(CN1CCN(C)CC1C)c1ccccc1F. The normalized spacial score (nSPS) is 23.5. The molecule has 1 heterocycles. The first-order valence-electron chi connectivity index (χ1n) is 6.96. The Balaban J connectivity index is 2.05. The van der Waals surface area contributed by atoms with Gasteiger partial charge in [-0.25, -0.2) is 4.39 Å². The summed E-state index contributed by atoms with van der Waals surface area (Å²) in [6, 6.07) is 7.61. The van der Waals surface area contributed by atoms with E-state index >= 15 is 0 Å². The molecule has 1 aliphatic heterocycles. The van der Waals surface area contributed by atoms with Crippen molar-refractivity contribution in [3.63, 3.8) is 0 Å². The Labute approximate surface area is 115 Å². The van der Waals surface area contributed by atoms with E-state index in [1.807, 2.05) is 19.2 Å². The van der Waals surface area contributed by atoms with E-state index in [0.717, 1.165) is 31.7 Å². The molecule has 2 rings (SSSR count). The van der Waals surface area contributed by atoms with Crippen molar-refractivity contribution in [1.82, 2.24) is 15.1 Å². The molecule has 19 heavy (non-hydrogen) atoms. The van der Waals surface area contributed by atoms with Crippen molar-refractivity contribution >= 4 is 0 Å². The number of rotatable bonds is 4. The monoisotopic (exact) mass is 265 g/mol. The molecule has 106 valence electrons. The van der Waals surface area contributed by atoms with Gasteiger partial charge in [0.25, 0.3) is 0 Å². The molecule has 2 unspecified atom stereocenters. The molecule has 1 saturated heterocycles. The molecule has 1 aromatic rings. The van der Waals surface area contributed by atoms with Gasteiger partial charge in [0.05, 0.1) is 0 Å². The number of hydrogen-bond acceptors (Lipinski definition) is 3. The zero-order valence-corrected chi connectivity index (χ0v) is 12.1. The molecule has 0 bridgehead atoms. The minimum Gasteiger partial charge on any atom is -0.312 e. The summed E-state index contributed by atoms with van der Waals surface area (Å²) < 4.78 is 13.9. The fourth-order valence-corrected chi connectivity index (χ4v) is 2.79. The Morgan fingerprint density at radius 2 is 2.11 bits per heavy atom. The molecule has 1 aliphatic rings. The highest BCUT2D eigenvalue weighted by atomic mass is 19.1. The van der Waals surface area contributed by atoms with Gasteiger partial charge in [0, 0.05) is 43.8 Å². The van der Waals surface area contributed by atoms with Crippen molar-refractivity contribution in [3.05, 3.63) is 35.6 Å². The first kappa shape index (κ1) is 14.4. The average molecular weight is 265 g/mol. The lowest BCUT2D eigenvalue weighted by Gasteiger charge is -2.40.